The summed E-state index contributed by atoms with van der Waals surface area (Å²) in [5, 5.41) is 11.3. The molecule has 0 aliphatic carbocycles. The fourth-order valence-corrected chi connectivity index (χ4v) is 1.71. The number of carbonyl (C=O) groups excluding carboxylic acids is 1. The third-order valence-electron chi connectivity index (χ3n) is 1.87. The second kappa shape index (κ2) is 7.69. The first kappa shape index (κ1) is 13.3. The van der Waals surface area contributed by atoms with Crippen LogP contribution < -0.4 is 5.32 Å². The van der Waals surface area contributed by atoms with E-state index >= 15 is 0 Å². The van der Waals surface area contributed by atoms with Gasteiger partial charge in [-0.1, -0.05) is 6.92 Å². The monoisotopic (exact) mass is 214 g/mol. The number of hydrogen-bond donors (Lipinski definition) is 1. The highest BCUT2D eigenvalue weighted by Crippen LogP contribution is 2.04. The molecule has 0 aliphatic rings. The Balaban J connectivity index is 3.67. The van der Waals surface area contributed by atoms with Crippen molar-refractivity contribution < 1.29 is 4.79 Å². The minimum absolute atomic E-state index is 0.164. The molecule has 0 saturated heterocycles. The summed E-state index contributed by atoms with van der Waals surface area (Å²) in [7, 11) is 0. The Morgan fingerprint density at radius 2 is 2.21 bits per heavy atom. The summed E-state index contributed by atoms with van der Waals surface area (Å²) in [6, 6.07) is 2.08. The van der Waals surface area contributed by atoms with Crippen LogP contribution in [0.15, 0.2) is 0 Å². The zero-order valence-electron chi connectivity index (χ0n) is 9.04. The standard InChI is InChI=1S/C10H18N2OS/c1-4-14-6-5-9(3)12-10(13)8(2)7-11/h8-9H,4-6H2,1-3H3,(H,12,13). The molecule has 0 bridgehead atoms. The topological polar surface area (TPSA) is 52.9 Å². The van der Waals surface area contributed by atoms with Gasteiger partial charge in [0.2, 0.25) is 5.91 Å². The average molecular weight is 214 g/mol. The zero-order chi connectivity index (χ0) is 11.0. The summed E-state index contributed by atoms with van der Waals surface area (Å²) in [6.07, 6.45) is 0.961. The van der Waals surface area contributed by atoms with Crippen molar-refractivity contribution in [3.05, 3.63) is 0 Å². The molecular formula is C10H18N2OS. The fourth-order valence-electron chi connectivity index (χ4n) is 0.903. The first-order chi connectivity index (χ1) is 6.61. The Bertz CT molecular complexity index is 213. The van der Waals surface area contributed by atoms with E-state index < -0.39 is 5.92 Å². The van der Waals surface area contributed by atoms with Crippen LogP contribution in [0, 0.1) is 17.2 Å². The van der Waals surface area contributed by atoms with E-state index in [9.17, 15) is 4.79 Å². The van der Waals surface area contributed by atoms with Crippen LogP contribution in [0.5, 0.6) is 0 Å². The van der Waals surface area contributed by atoms with Crippen LogP contribution in [0.1, 0.15) is 27.2 Å². The quantitative estimate of drug-likeness (QED) is 0.686. The van der Waals surface area contributed by atoms with Gasteiger partial charge in [-0.05, 0) is 31.8 Å². The van der Waals surface area contributed by atoms with Crippen LogP contribution in [0.25, 0.3) is 0 Å². The number of hydrogen-bond acceptors (Lipinski definition) is 3. The van der Waals surface area contributed by atoms with E-state index in [1.165, 1.54) is 0 Å². The molecule has 14 heavy (non-hydrogen) atoms. The van der Waals surface area contributed by atoms with E-state index in [-0.39, 0.29) is 11.9 Å². The van der Waals surface area contributed by atoms with Gasteiger partial charge in [-0.3, -0.25) is 4.79 Å². The number of nitrogens with one attached hydrogen (secondary N) is 1. The largest absolute Gasteiger partial charge is 0.352 e. The van der Waals surface area contributed by atoms with Crippen molar-refractivity contribution in [1.82, 2.24) is 5.32 Å². The van der Waals surface area contributed by atoms with Gasteiger partial charge in [0.15, 0.2) is 0 Å². The van der Waals surface area contributed by atoms with Gasteiger partial charge in [0.1, 0.15) is 5.92 Å². The molecule has 1 N–H and O–H groups in total. The Kier molecular flexibility index (Phi) is 7.31. The highest BCUT2D eigenvalue weighted by atomic mass is 32.2. The van der Waals surface area contributed by atoms with E-state index in [4.69, 9.17) is 5.26 Å². The molecule has 0 radical (unpaired) electrons. The molecule has 1 amide bonds. The van der Waals surface area contributed by atoms with Crippen LogP contribution in [-0.4, -0.2) is 23.5 Å². The van der Waals surface area contributed by atoms with Gasteiger partial charge < -0.3 is 5.32 Å². The van der Waals surface area contributed by atoms with Gasteiger partial charge in [0.05, 0.1) is 6.07 Å². The van der Waals surface area contributed by atoms with E-state index in [0.717, 1.165) is 17.9 Å². The molecule has 4 heteroatoms. The molecule has 2 unspecified atom stereocenters. The lowest BCUT2D eigenvalue weighted by atomic mass is 10.1. The Morgan fingerprint density at radius 3 is 2.71 bits per heavy atom. The maximum absolute atomic E-state index is 11.3. The van der Waals surface area contributed by atoms with E-state index in [2.05, 4.69) is 12.2 Å². The van der Waals surface area contributed by atoms with Crippen molar-refractivity contribution in [2.24, 2.45) is 5.92 Å². The van der Waals surface area contributed by atoms with Crippen LogP contribution in [0.4, 0.5) is 0 Å². The summed E-state index contributed by atoms with van der Waals surface area (Å²) in [5.41, 5.74) is 0. The van der Waals surface area contributed by atoms with E-state index in [1.54, 1.807) is 6.92 Å². The molecule has 0 fully saturated rings. The van der Waals surface area contributed by atoms with Crippen molar-refractivity contribution in [2.75, 3.05) is 11.5 Å². The van der Waals surface area contributed by atoms with Gasteiger partial charge in [0, 0.05) is 6.04 Å². The van der Waals surface area contributed by atoms with Crippen molar-refractivity contribution in [1.29, 1.82) is 5.26 Å². The minimum atomic E-state index is -0.545. The molecule has 0 aliphatic heterocycles. The number of thioether (sulfide) groups is 1. The number of rotatable bonds is 6. The highest BCUT2D eigenvalue weighted by Gasteiger charge is 2.13. The maximum Gasteiger partial charge on any atom is 0.237 e. The summed E-state index contributed by atoms with van der Waals surface area (Å²) in [6.45, 7) is 5.70. The minimum Gasteiger partial charge on any atom is -0.352 e. The second-order valence-corrected chi connectivity index (χ2v) is 4.64. The third kappa shape index (κ3) is 5.87. The molecule has 0 spiro atoms. The maximum atomic E-state index is 11.3. The van der Waals surface area contributed by atoms with Crippen LogP contribution in [0.2, 0.25) is 0 Å². The molecule has 2 atom stereocenters. The summed E-state index contributed by atoms with van der Waals surface area (Å²) in [5.74, 6) is 1.45. The fraction of sp³-hybridized carbons (Fsp3) is 0.800. The second-order valence-electron chi connectivity index (χ2n) is 3.25. The summed E-state index contributed by atoms with van der Waals surface area (Å²) < 4.78 is 0. The highest BCUT2D eigenvalue weighted by molar-refractivity contribution is 7.99. The molecule has 3 nitrogen and oxygen atoms in total. The summed E-state index contributed by atoms with van der Waals surface area (Å²) >= 11 is 1.86. The van der Waals surface area contributed by atoms with E-state index in [1.807, 2.05) is 24.8 Å². The SMILES string of the molecule is CCSCCC(C)NC(=O)C(C)C#N. The molecule has 0 saturated carbocycles. The lowest BCUT2D eigenvalue weighted by molar-refractivity contribution is -0.123. The smallest absolute Gasteiger partial charge is 0.237 e. The number of nitriles is 1. The van der Waals surface area contributed by atoms with Gasteiger partial charge >= 0.3 is 0 Å². The predicted octanol–water partition coefficient (Wildman–Crippen LogP) is 1.79. The van der Waals surface area contributed by atoms with Gasteiger partial charge in [-0.25, -0.2) is 0 Å². The lowest BCUT2D eigenvalue weighted by Crippen LogP contribution is -2.36. The summed E-state index contributed by atoms with van der Waals surface area (Å²) in [4.78, 5) is 11.3. The van der Waals surface area contributed by atoms with Crippen molar-refractivity contribution in [3.63, 3.8) is 0 Å². The molecule has 0 aromatic heterocycles. The van der Waals surface area contributed by atoms with Gasteiger partial charge in [0.25, 0.3) is 0 Å². The molecular weight excluding hydrogens is 196 g/mol. The molecule has 0 aromatic carbocycles. The van der Waals surface area contributed by atoms with Crippen LogP contribution >= 0.6 is 11.8 Å². The lowest BCUT2D eigenvalue weighted by Gasteiger charge is -2.13. The Labute approximate surface area is 90.3 Å². The number of amides is 1. The first-order valence-corrected chi connectivity index (χ1v) is 6.05. The zero-order valence-corrected chi connectivity index (χ0v) is 9.86. The van der Waals surface area contributed by atoms with E-state index in [0.29, 0.717) is 0 Å². The Morgan fingerprint density at radius 1 is 1.57 bits per heavy atom. The van der Waals surface area contributed by atoms with Crippen molar-refractivity contribution >= 4 is 17.7 Å². The average Bonchev–Trinajstić information content (AvgIpc) is 2.16. The van der Waals surface area contributed by atoms with Gasteiger partial charge in [-0.2, -0.15) is 17.0 Å². The molecule has 0 rings (SSSR count). The number of carbonyl (C=O) groups is 1. The normalized spacial score (nSPS) is 14.1. The van der Waals surface area contributed by atoms with Crippen LogP contribution in [0.3, 0.4) is 0 Å². The Hall–Kier alpha value is -0.690. The molecule has 80 valence electrons. The van der Waals surface area contributed by atoms with Crippen LogP contribution in [-0.2, 0) is 4.79 Å². The molecule has 0 heterocycles. The van der Waals surface area contributed by atoms with Crippen molar-refractivity contribution in [3.8, 4) is 6.07 Å². The predicted molar refractivity (Wildman–Crippen MR) is 60.0 cm³/mol. The molecule has 0 aromatic rings. The first-order valence-electron chi connectivity index (χ1n) is 4.89. The van der Waals surface area contributed by atoms with Gasteiger partial charge in [-0.15, -0.1) is 0 Å². The number of nitrogens with zero attached hydrogens (tertiary/aromatic N) is 1. The van der Waals surface area contributed by atoms with Crippen molar-refractivity contribution in [2.45, 2.75) is 33.2 Å². The third-order valence-corrected chi connectivity index (χ3v) is 2.81.